The fourth-order valence-electron chi connectivity index (χ4n) is 1.52. The summed E-state index contributed by atoms with van der Waals surface area (Å²) in [7, 11) is -0.855. The molecule has 7 nitrogen and oxygen atoms in total. The maximum Gasteiger partial charge on any atom is 0.275 e. The normalized spacial score (nSPS) is 11.8. The molecule has 0 aliphatic rings. The van der Waals surface area contributed by atoms with E-state index in [2.05, 4.69) is 10.6 Å². The van der Waals surface area contributed by atoms with Crippen LogP contribution >= 0.6 is 0 Å². The van der Waals surface area contributed by atoms with Gasteiger partial charge in [0.05, 0.1) is 5.56 Å². The summed E-state index contributed by atoms with van der Waals surface area (Å²) in [5.74, 6) is -0.0595. The van der Waals surface area contributed by atoms with Crippen molar-refractivity contribution < 1.29 is 17.6 Å². The van der Waals surface area contributed by atoms with Gasteiger partial charge in [0, 0.05) is 33.3 Å². The monoisotopic (exact) mass is 303 g/mol. The van der Waals surface area contributed by atoms with Crippen LogP contribution < -0.4 is 10.6 Å². The van der Waals surface area contributed by atoms with E-state index in [4.69, 9.17) is 4.42 Å². The van der Waals surface area contributed by atoms with E-state index in [0.29, 0.717) is 13.1 Å². The van der Waals surface area contributed by atoms with E-state index >= 15 is 0 Å². The summed E-state index contributed by atoms with van der Waals surface area (Å²) in [6, 6.07) is 1.26. The Morgan fingerprint density at radius 2 is 2.00 bits per heavy atom. The molecule has 0 aromatic carbocycles. The average Bonchev–Trinajstić information content (AvgIpc) is 2.77. The van der Waals surface area contributed by atoms with Gasteiger partial charge in [-0.3, -0.25) is 4.79 Å². The molecule has 20 heavy (non-hydrogen) atoms. The maximum absolute atomic E-state index is 11.9. The van der Waals surface area contributed by atoms with Gasteiger partial charge in [-0.25, -0.2) is 12.7 Å². The topological polar surface area (TPSA) is 91.6 Å². The first kappa shape index (κ1) is 16.7. The molecule has 1 aromatic rings. The first-order valence-electron chi connectivity index (χ1n) is 6.32. The van der Waals surface area contributed by atoms with Crippen LogP contribution in [0.1, 0.15) is 23.0 Å². The first-order valence-corrected chi connectivity index (χ1v) is 7.76. The summed E-state index contributed by atoms with van der Waals surface area (Å²) in [5.41, 5.74) is 0.238. The fourth-order valence-corrected chi connectivity index (χ4v) is 2.38. The smallest absolute Gasteiger partial charge is 0.275 e. The summed E-state index contributed by atoms with van der Waals surface area (Å²) < 4.78 is 30.0. The van der Waals surface area contributed by atoms with E-state index in [1.54, 1.807) is 6.92 Å². The molecule has 0 atom stereocenters. The van der Waals surface area contributed by atoms with Crippen LogP contribution in [0.25, 0.3) is 0 Å². The lowest BCUT2D eigenvalue weighted by Gasteiger charge is -2.07. The Morgan fingerprint density at radius 1 is 1.35 bits per heavy atom. The van der Waals surface area contributed by atoms with Crippen LogP contribution in [-0.4, -0.2) is 52.4 Å². The van der Waals surface area contributed by atoms with Gasteiger partial charge in [-0.15, -0.1) is 0 Å². The lowest BCUT2D eigenvalue weighted by Crippen LogP contribution is -2.31. The van der Waals surface area contributed by atoms with Crippen LogP contribution in [0.4, 0.5) is 0 Å². The number of aryl methyl sites for hydroxylation is 1. The minimum Gasteiger partial charge on any atom is -0.448 e. The van der Waals surface area contributed by atoms with Crippen LogP contribution in [0, 0.1) is 6.92 Å². The Labute approximate surface area is 119 Å². The van der Waals surface area contributed by atoms with Crippen molar-refractivity contribution in [1.82, 2.24) is 14.9 Å². The van der Waals surface area contributed by atoms with Gasteiger partial charge in [0.2, 0.25) is 5.09 Å². The summed E-state index contributed by atoms with van der Waals surface area (Å²) in [6.07, 6.45) is 0. The number of nitrogens with zero attached hydrogens (tertiary/aromatic N) is 1. The number of hydrogen-bond donors (Lipinski definition) is 2. The number of rotatable bonds is 7. The quantitative estimate of drug-likeness (QED) is 0.701. The average molecular weight is 303 g/mol. The second kappa shape index (κ2) is 6.87. The fraction of sp³-hybridized carbons (Fsp3) is 0.583. The van der Waals surface area contributed by atoms with Crippen molar-refractivity contribution in [2.75, 3.05) is 33.7 Å². The lowest BCUT2D eigenvalue weighted by atomic mass is 10.2. The van der Waals surface area contributed by atoms with Gasteiger partial charge in [-0.05, 0) is 13.5 Å². The molecule has 0 bridgehead atoms. The summed E-state index contributed by atoms with van der Waals surface area (Å²) in [6.45, 7) is 5.48. The van der Waals surface area contributed by atoms with Gasteiger partial charge in [0.25, 0.3) is 15.9 Å². The van der Waals surface area contributed by atoms with E-state index in [1.807, 2.05) is 6.92 Å². The molecule has 0 unspecified atom stereocenters. The van der Waals surface area contributed by atoms with Gasteiger partial charge in [0.1, 0.15) is 5.76 Å². The van der Waals surface area contributed by atoms with Crippen molar-refractivity contribution in [2.45, 2.75) is 18.9 Å². The lowest BCUT2D eigenvalue weighted by molar-refractivity contribution is 0.0952. The van der Waals surface area contributed by atoms with Crippen molar-refractivity contribution in [2.24, 2.45) is 0 Å². The molecule has 0 saturated heterocycles. The molecule has 0 aliphatic carbocycles. The maximum atomic E-state index is 11.9. The molecule has 8 heteroatoms. The third-order valence-corrected chi connectivity index (χ3v) is 4.38. The molecule has 1 amide bonds. The highest BCUT2D eigenvalue weighted by Crippen LogP contribution is 2.21. The molecule has 1 aromatic heterocycles. The number of carbonyl (C=O) groups excluding carboxylic acids is 1. The third kappa shape index (κ3) is 3.81. The Balaban J connectivity index is 2.83. The van der Waals surface area contributed by atoms with Crippen molar-refractivity contribution in [1.29, 1.82) is 0 Å². The minimum atomic E-state index is -3.67. The van der Waals surface area contributed by atoms with Crippen molar-refractivity contribution in [3.8, 4) is 0 Å². The highest BCUT2D eigenvalue weighted by molar-refractivity contribution is 7.88. The van der Waals surface area contributed by atoms with Gasteiger partial charge in [-0.1, -0.05) is 6.92 Å². The molecule has 1 heterocycles. The predicted molar refractivity (Wildman–Crippen MR) is 75.2 cm³/mol. The largest absolute Gasteiger partial charge is 0.448 e. The van der Waals surface area contributed by atoms with Crippen LogP contribution in [-0.2, 0) is 10.0 Å². The summed E-state index contributed by atoms with van der Waals surface area (Å²) >= 11 is 0. The van der Waals surface area contributed by atoms with E-state index < -0.39 is 10.0 Å². The van der Waals surface area contributed by atoms with Crippen molar-refractivity contribution in [3.63, 3.8) is 0 Å². The highest BCUT2D eigenvalue weighted by Gasteiger charge is 2.25. The standard InChI is InChI=1S/C12H21N3O4S/c1-5-13-6-7-14-12(16)10-8-11(19-9(10)2)20(17,18)15(3)4/h8,13H,5-7H2,1-4H3,(H,14,16). The Kier molecular flexibility index (Phi) is 5.73. The molecular formula is C12H21N3O4S. The van der Waals surface area contributed by atoms with Crippen molar-refractivity contribution >= 4 is 15.9 Å². The second-order valence-corrected chi connectivity index (χ2v) is 6.51. The Morgan fingerprint density at radius 3 is 2.55 bits per heavy atom. The number of amides is 1. The second-order valence-electron chi connectivity index (χ2n) is 4.43. The van der Waals surface area contributed by atoms with E-state index in [9.17, 15) is 13.2 Å². The van der Waals surface area contributed by atoms with Gasteiger partial charge >= 0.3 is 0 Å². The molecule has 0 spiro atoms. The van der Waals surface area contributed by atoms with E-state index in [1.165, 1.54) is 20.2 Å². The minimum absolute atomic E-state index is 0.225. The zero-order valence-corrected chi connectivity index (χ0v) is 13.0. The number of carbonyl (C=O) groups is 1. The molecule has 0 fully saturated rings. The number of sulfonamides is 1. The molecular weight excluding hydrogens is 282 g/mol. The van der Waals surface area contributed by atoms with Crippen LogP contribution in [0.15, 0.2) is 15.6 Å². The number of likely N-dealkylation sites (N-methyl/N-ethyl adjacent to an activating group) is 1. The third-order valence-electron chi connectivity index (χ3n) is 2.71. The van der Waals surface area contributed by atoms with Gasteiger partial charge in [0.15, 0.2) is 0 Å². The van der Waals surface area contributed by atoms with Crippen LogP contribution in [0.3, 0.4) is 0 Å². The SMILES string of the molecule is CCNCCNC(=O)c1cc(S(=O)(=O)N(C)C)oc1C. The van der Waals surface area contributed by atoms with Crippen LogP contribution in [0.2, 0.25) is 0 Å². The molecule has 0 radical (unpaired) electrons. The number of furan rings is 1. The summed E-state index contributed by atoms with van der Waals surface area (Å²) in [4.78, 5) is 11.9. The zero-order chi connectivity index (χ0) is 15.3. The first-order chi connectivity index (χ1) is 9.30. The molecule has 0 saturated carbocycles. The van der Waals surface area contributed by atoms with Gasteiger partial charge < -0.3 is 15.1 Å². The summed E-state index contributed by atoms with van der Waals surface area (Å²) in [5, 5.41) is 5.55. The predicted octanol–water partition coefficient (Wildman–Crippen LogP) is 0.178. The Hall–Kier alpha value is -1.38. The van der Waals surface area contributed by atoms with Crippen molar-refractivity contribution in [3.05, 3.63) is 17.4 Å². The van der Waals surface area contributed by atoms with Gasteiger partial charge in [-0.2, -0.15) is 0 Å². The number of nitrogens with one attached hydrogen (secondary N) is 2. The number of hydrogen-bond acceptors (Lipinski definition) is 5. The zero-order valence-electron chi connectivity index (χ0n) is 12.2. The molecule has 2 N–H and O–H groups in total. The van der Waals surface area contributed by atoms with E-state index in [-0.39, 0.29) is 22.3 Å². The highest BCUT2D eigenvalue weighted by atomic mass is 32.2. The van der Waals surface area contributed by atoms with Crippen LogP contribution in [0.5, 0.6) is 0 Å². The molecule has 0 aliphatic heterocycles. The van der Waals surface area contributed by atoms with E-state index in [0.717, 1.165) is 10.8 Å². The molecule has 114 valence electrons. The molecule has 1 rings (SSSR count). The Bertz CT molecular complexity index is 563.